The molecular weight excluding hydrogens is 208 g/mol. The molecule has 1 N–H and O–H groups in total. The molecule has 0 amide bonds. The maximum Gasteiger partial charge on any atom is 0.0195 e. The van der Waals surface area contributed by atoms with E-state index in [1.165, 1.54) is 13.0 Å². The summed E-state index contributed by atoms with van der Waals surface area (Å²) in [7, 11) is 0. The van der Waals surface area contributed by atoms with Crippen molar-refractivity contribution in [1.82, 2.24) is 10.2 Å². The van der Waals surface area contributed by atoms with Crippen molar-refractivity contribution in [2.24, 2.45) is 5.92 Å². The summed E-state index contributed by atoms with van der Waals surface area (Å²) in [5.74, 6) is 0.735. The smallest absolute Gasteiger partial charge is 0.0195 e. The second kappa shape index (κ2) is 7.38. The minimum Gasteiger partial charge on any atom is -0.310 e. The molecule has 0 aromatic carbocycles. The standard InChI is InChI=1S/C15H34N2/c1-9-15(7,8)16-10-14(6)17(13(4)5)11-12(2)3/h12-14,16H,9-11H2,1-8H3. The van der Waals surface area contributed by atoms with Gasteiger partial charge >= 0.3 is 0 Å². The maximum atomic E-state index is 3.68. The first kappa shape index (κ1) is 16.9. The van der Waals surface area contributed by atoms with Crippen LogP contribution in [0.25, 0.3) is 0 Å². The average Bonchev–Trinajstić information content (AvgIpc) is 2.22. The van der Waals surface area contributed by atoms with Gasteiger partial charge in [-0.05, 0) is 47.0 Å². The van der Waals surface area contributed by atoms with Gasteiger partial charge in [0, 0.05) is 30.7 Å². The van der Waals surface area contributed by atoms with Crippen LogP contribution in [-0.2, 0) is 0 Å². The van der Waals surface area contributed by atoms with Gasteiger partial charge < -0.3 is 5.32 Å². The molecule has 0 saturated heterocycles. The first-order valence-electron chi connectivity index (χ1n) is 7.20. The van der Waals surface area contributed by atoms with Crippen molar-refractivity contribution in [3.8, 4) is 0 Å². The van der Waals surface area contributed by atoms with Crippen LogP contribution in [0.1, 0.15) is 61.8 Å². The first-order valence-corrected chi connectivity index (χ1v) is 7.20. The Morgan fingerprint density at radius 1 is 1.06 bits per heavy atom. The summed E-state index contributed by atoms with van der Waals surface area (Å²) >= 11 is 0. The number of nitrogens with zero attached hydrogens (tertiary/aromatic N) is 1. The Balaban J connectivity index is 4.28. The fourth-order valence-electron chi connectivity index (χ4n) is 1.99. The van der Waals surface area contributed by atoms with Crippen LogP contribution in [0.3, 0.4) is 0 Å². The molecule has 0 spiro atoms. The van der Waals surface area contributed by atoms with E-state index in [-0.39, 0.29) is 5.54 Å². The molecule has 0 rings (SSSR count). The predicted octanol–water partition coefficient (Wildman–Crippen LogP) is 3.52. The highest BCUT2D eigenvalue weighted by atomic mass is 15.2. The topological polar surface area (TPSA) is 15.3 Å². The monoisotopic (exact) mass is 242 g/mol. The summed E-state index contributed by atoms with van der Waals surface area (Å²) in [5.41, 5.74) is 0.259. The molecular formula is C15H34N2. The van der Waals surface area contributed by atoms with Gasteiger partial charge in [0.1, 0.15) is 0 Å². The lowest BCUT2D eigenvalue weighted by Gasteiger charge is -2.36. The molecule has 2 nitrogen and oxygen atoms in total. The lowest BCUT2D eigenvalue weighted by atomic mass is 10.0. The van der Waals surface area contributed by atoms with E-state index in [0.29, 0.717) is 12.1 Å². The van der Waals surface area contributed by atoms with Gasteiger partial charge in [-0.3, -0.25) is 4.90 Å². The normalized spacial score (nSPS) is 15.0. The maximum absolute atomic E-state index is 3.68. The fourth-order valence-corrected chi connectivity index (χ4v) is 1.99. The van der Waals surface area contributed by atoms with Crippen LogP contribution in [0, 0.1) is 5.92 Å². The van der Waals surface area contributed by atoms with E-state index in [2.05, 4.69) is 65.6 Å². The highest BCUT2D eigenvalue weighted by Crippen LogP contribution is 2.11. The highest BCUT2D eigenvalue weighted by Gasteiger charge is 2.21. The number of nitrogens with one attached hydrogen (secondary N) is 1. The Morgan fingerprint density at radius 2 is 1.59 bits per heavy atom. The number of rotatable bonds is 8. The van der Waals surface area contributed by atoms with Crippen molar-refractivity contribution in [3.63, 3.8) is 0 Å². The van der Waals surface area contributed by atoms with E-state index in [1.807, 2.05) is 0 Å². The van der Waals surface area contributed by atoms with Crippen molar-refractivity contribution in [1.29, 1.82) is 0 Å². The second-order valence-corrected chi connectivity index (χ2v) is 6.65. The van der Waals surface area contributed by atoms with Crippen LogP contribution in [0.4, 0.5) is 0 Å². The molecule has 0 fully saturated rings. The fraction of sp³-hybridized carbons (Fsp3) is 1.00. The summed E-state index contributed by atoms with van der Waals surface area (Å²) in [6.45, 7) is 20.6. The second-order valence-electron chi connectivity index (χ2n) is 6.65. The summed E-state index contributed by atoms with van der Waals surface area (Å²) in [6.07, 6.45) is 1.17. The van der Waals surface area contributed by atoms with Crippen molar-refractivity contribution < 1.29 is 0 Å². The van der Waals surface area contributed by atoms with Crippen molar-refractivity contribution in [3.05, 3.63) is 0 Å². The highest BCUT2D eigenvalue weighted by molar-refractivity contribution is 4.80. The zero-order valence-corrected chi connectivity index (χ0v) is 13.3. The molecule has 1 atom stereocenters. The van der Waals surface area contributed by atoms with E-state index in [4.69, 9.17) is 0 Å². The molecule has 0 bridgehead atoms. The van der Waals surface area contributed by atoms with Gasteiger partial charge in [0.05, 0.1) is 0 Å². The number of hydrogen-bond acceptors (Lipinski definition) is 2. The minimum atomic E-state index is 0.259. The molecule has 0 aromatic rings. The Hall–Kier alpha value is -0.0800. The SMILES string of the molecule is CCC(C)(C)NCC(C)N(CC(C)C)C(C)C. The van der Waals surface area contributed by atoms with Crippen molar-refractivity contribution in [2.75, 3.05) is 13.1 Å². The van der Waals surface area contributed by atoms with E-state index in [1.54, 1.807) is 0 Å². The Morgan fingerprint density at radius 3 is 1.94 bits per heavy atom. The summed E-state index contributed by atoms with van der Waals surface area (Å²) < 4.78 is 0. The van der Waals surface area contributed by atoms with E-state index in [9.17, 15) is 0 Å². The van der Waals surface area contributed by atoms with Gasteiger partial charge in [0.2, 0.25) is 0 Å². The van der Waals surface area contributed by atoms with Crippen LogP contribution in [0.2, 0.25) is 0 Å². The molecule has 104 valence electrons. The van der Waals surface area contributed by atoms with Crippen LogP contribution in [-0.4, -0.2) is 35.6 Å². The Kier molecular flexibility index (Phi) is 7.34. The van der Waals surface area contributed by atoms with Crippen LogP contribution in [0.5, 0.6) is 0 Å². The van der Waals surface area contributed by atoms with E-state index in [0.717, 1.165) is 12.5 Å². The zero-order chi connectivity index (χ0) is 13.6. The van der Waals surface area contributed by atoms with Crippen LogP contribution in [0.15, 0.2) is 0 Å². The molecule has 0 saturated carbocycles. The van der Waals surface area contributed by atoms with Gasteiger partial charge in [0.15, 0.2) is 0 Å². The largest absolute Gasteiger partial charge is 0.310 e. The van der Waals surface area contributed by atoms with Gasteiger partial charge in [-0.2, -0.15) is 0 Å². The van der Waals surface area contributed by atoms with Gasteiger partial charge in [0.25, 0.3) is 0 Å². The molecule has 0 aliphatic carbocycles. The number of hydrogen-bond donors (Lipinski definition) is 1. The van der Waals surface area contributed by atoms with Crippen LogP contribution < -0.4 is 5.32 Å². The third-order valence-electron chi connectivity index (χ3n) is 3.57. The molecule has 0 aliphatic heterocycles. The van der Waals surface area contributed by atoms with Crippen LogP contribution >= 0.6 is 0 Å². The van der Waals surface area contributed by atoms with E-state index >= 15 is 0 Å². The molecule has 17 heavy (non-hydrogen) atoms. The Bertz CT molecular complexity index is 197. The average molecular weight is 242 g/mol. The molecule has 0 aromatic heterocycles. The minimum absolute atomic E-state index is 0.259. The van der Waals surface area contributed by atoms with Gasteiger partial charge in [-0.25, -0.2) is 0 Å². The summed E-state index contributed by atoms with van der Waals surface area (Å²) in [6, 6.07) is 1.22. The summed E-state index contributed by atoms with van der Waals surface area (Å²) in [5, 5.41) is 3.68. The molecule has 0 aliphatic rings. The lowest BCUT2D eigenvalue weighted by Crippen LogP contribution is -2.50. The molecule has 1 unspecified atom stereocenters. The Labute approximate surface area is 109 Å². The van der Waals surface area contributed by atoms with Gasteiger partial charge in [-0.1, -0.05) is 20.8 Å². The van der Waals surface area contributed by atoms with Crippen molar-refractivity contribution >= 4 is 0 Å². The predicted molar refractivity (Wildman–Crippen MR) is 78.5 cm³/mol. The molecule has 0 radical (unpaired) electrons. The zero-order valence-electron chi connectivity index (χ0n) is 13.3. The van der Waals surface area contributed by atoms with Crippen molar-refractivity contribution in [2.45, 2.75) is 79.4 Å². The third kappa shape index (κ3) is 7.05. The lowest BCUT2D eigenvalue weighted by molar-refractivity contribution is 0.135. The third-order valence-corrected chi connectivity index (χ3v) is 3.57. The molecule has 0 heterocycles. The van der Waals surface area contributed by atoms with E-state index < -0.39 is 0 Å². The summed E-state index contributed by atoms with van der Waals surface area (Å²) in [4.78, 5) is 2.60. The molecule has 2 heteroatoms. The first-order chi connectivity index (χ1) is 7.69. The quantitative estimate of drug-likeness (QED) is 0.700. The van der Waals surface area contributed by atoms with Gasteiger partial charge in [-0.15, -0.1) is 0 Å².